The topological polar surface area (TPSA) is 62.9 Å². The minimum Gasteiger partial charge on any atom is -0.489 e. The number of anilines is 1. The van der Waals surface area contributed by atoms with Crippen LogP contribution in [0.2, 0.25) is 0 Å². The Labute approximate surface area is 239 Å². The highest BCUT2D eigenvalue weighted by atomic mass is 79.9. The fourth-order valence-electron chi connectivity index (χ4n) is 4.25. The number of hydrogen-bond acceptors (Lipinski definition) is 4. The number of likely N-dealkylation sites (N-methyl/N-ethyl adjacent to an activating group) is 1. The molecule has 2 aliphatic rings. The summed E-state index contributed by atoms with van der Waals surface area (Å²) in [7, 11) is 3.04. The van der Waals surface area contributed by atoms with E-state index in [1.165, 1.54) is 44.9 Å². The lowest BCUT2D eigenvalue weighted by atomic mass is 9.90. The monoisotopic (exact) mass is 614 g/mol. The first kappa shape index (κ1) is 31.6. The Kier molecular flexibility index (Phi) is 15.6. The SMILES string of the molecule is C/C=C\CCCBr.CCN1CCC(Oc2ccc(NC(=S)/N=C(\N)SCC3(P)CCCCC3)cc2)C1. The quantitative estimate of drug-likeness (QED) is 0.0582. The van der Waals surface area contributed by atoms with Gasteiger partial charge in [-0.15, -0.1) is 9.24 Å². The van der Waals surface area contributed by atoms with E-state index in [0.29, 0.717) is 15.4 Å². The maximum atomic E-state index is 6.09. The van der Waals surface area contributed by atoms with Crippen molar-refractivity contribution in [2.45, 2.75) is 76.5 Å². The number of likely N-dealkylation sites (tertiary alicyclic amines) is 1. The van der Waals surface area contributed by atoms with Crippen molar-refractivity contribution in [2.24, 2.45) is 10.7 Å². The molecule has 3 N–H and O–H groups in total. The maximum Gasteiger partial charge on any atom is 0.199 e. The van der Waals surface area contributed by atoms with Crippen LogP contribution in [-0.4, -0.2) is 57.2 Å². The molecule has 1 aliphatic carbocycles. The Morgan fingerprint density at radius 2 is 2.06 bits per heavy atom. The zero-order valence-electron chi connectivity index (χ0n) is 21.9. The summed E-state index contributed by atoms with van der Waals surface area (Å²) in [5.41, 5.74) is 6.98. The van der Waals surface area contributed by atoms with Crippen molar-refractivity contribution in [1.29, 1.82) is 0 Å². The van der Waals surface area contributed by atoms with Gasteiger partial charge >= 0.3 is 0 Å². The number of alkyl halides is 1. The first-order chi connectivity index (χ1) is 17.4. The first-order valence-corrected chi connectivity index (χ1v) is 16.2. The number of allylic oxidation sites excluding steroid dienone is 2. The van der Waals surface area contributed by atoms with E-state index in [1.807, 2.05) is 31.2 Å². The third kappa shape index (κ3) is 12.7. The summed E-state index contributed by atoms with van der Waals surface area (Å²) >= 11 is 10.3. The van der Waals surface area contributed by atoms with Crippen molar-refractivity contribution in [3.05, 3.63) is 36.4 Å². The van der Waals surface area contributed by atoms with Crippen molar-refractivity contribution >= 4 is 65.1 Å². The number of benzene rings is 1. The third-order valence-electron chi connectivity index (χ3n) is 6.39. The molecule has 0 bridgehead atoms. The molecule has 0 aromatic heterocycles. The number of nitrogens with one attached hydrogen (secondary N) is 1. The van der Waals surface area contributed by atoms with Crippen LogP contribution in [0.25, 0.3) is 0 Å². The predicted molar refractivity (Wildman–Crippen MR) is 171 cm³/mol. The molecule has 0 spiro atoms. The number of ether oxygens (including phenoxy) is 1. The van der Waals surface area contributed by atoms with Gasteiger partial charge < -0.3 is 15.8 Å². The molecule has 1 heterocycles. The van der Waals surface area contributed by atoms with Gasteiger partial charge in [-0.05, 0) is 87.2 Å². The number of hydrogen-bond donors (Lipinski definition) is 2. The predicted octanol–water partition coefficient (Wildman–Crippen LogP) is 7.22. The van der Waals surface area contributed by atoms with Crippen molar-refractivity contribution in [3.63, 3.8) is 0 Å². The highest BCUT2D eigenvalue weighted by molar-refractivity contribution is 9.09. The zero-order chi connectivity index (χ0) is 26.2. The van der Waals surface area contributed by atoms with Gasteiger partial charge in [0.05, 0.1) is 0 Å². The number of thioether (sulfide) groups is 1. The lowest BCUT2D eigenvalue weighted by Crippen LogP contribution is -2.28. The van der Waals surface area contributed by atoms with Crippen LogP contribution in [0.15, 0.2) is 41.4 Å². The van der Waals surface area contributed by atoms with E-state index in [1.54, 1.807) is 11.8 Å². The van der Waals surface area contributed by atoms with E-state index in [0.717, 1.165) is 48.6 Å². The van der Waals surface area contributed by atoms with E-state index in [4.69, 9.17) is 22.7 Å². The van der Waals surface area contributed by atoms with Crippen LogP contribution in [0, 0.1) is 0 Å². The summed E-state index contributed by atoms with van der Waals surface area (Å²) in [6.07, 6.45) is 14.5. The van der Waals surface area contributed by atoms with Crippen molar-refractivity contribution in [1.82, 2.24) is 4.90 Å². The summed E-state index contributed by atoms with van der Waals surface area (Å²) in [6, 6.07) is 7.88. The second-order valence-electron chi connectivity index (χ2n) is 9.44. The molecule has 2 fully saturated rings. The van der Waals surface area contributed by atoms with Crippen LogP contribution in [0.4, 0.5) is 5.69 Å². The number of rotatable bonds is 9. The maximum absolute atomic E-state index is 6.09. The normalized spacial score (nSPS) is 20.1. The molecule has 1 saturated heterocycles. The molecular weight excluding hydrogens is 571 g/mol. The van der Waals surface area contributed by atoms with Crippen LogP contribution in [-0.2, 0) is 0 Å². The molecule has 0 amide bonds. The number of aliphatic imine (C=N–C) groups is 1. The minimum absolute atomic E-state index is 0.278. The highest BCUT2D eigenvalue weighted by Gasteiger charge is 2.27. The number of unbranched alkanes of at least 4 members (excludes halogenated alkanes) is 1. The lowest BCUT2D eigenvalue weighted by Gasteiger charge is -2.32. The molecule has 1 saturated carbocycles. The molecule has 1 aromatic rings. The Hall–Kier alpha value is -0.660. The van der Waals surface area contributed by atoms with Crippen LogP contribution >= 0.6 is 49.1 Å². The van der Waals surface area contributed by atoms with Crippen LogP contribution in [0.1, 0.15) is 65.2 Å². The molecule has 3 rings (SSSR count). The van der Waals surface area contributed by atoms with Gasteiger partial charge in [-0.2, -0.15) is 4.99 Å². The molecular formula is C27H44BrN4OPS2. The molecule has 5 nitrogen and oxygen atoms in total. The van der Waals surface area contributed by atoms with Crippen molar-refractivity contribution in [2.75, 3.05) is 36.0 Å². The lowest BCUT2D eigenvalue weighted by molar-refractivity contribution is 0.202. The summed E-state index contributed by atoms with van der Waals surface area (Å²) in [4.78, 5) is 6.75. The summed E-state index contributed by atoms with van der Waals surface area (Å²) < 4.78 is 6.08. The van der Waals surface area contributed by atoms with Gasteiger partial charge in [-0.3, -0.25) is 4.90 Å². The van der Waals surface area contributed by atoms with E-state index in [2.05, 4.69) is 59.5 Å². The molecule has 202 valence electrons. The van der Waals surface area contributed by atoms with E-state index in [-0.39, 0.29) is 6.10 Å². The second-order valence-corrected chi connectivity index (χ2v) is 12.8. The second kappa shape index (κ2) is 17.8. The molecule has 0 radical (unpaired) electrons. The van der Waals surface area contributed by atoms with Gasteiger partial charge in [0.2, 0.25) is 0 Å². The number of nitrogens with zero attached hydrogens (tertiary/aromatic N) is 2. The fourth-order valence-corrected chi connectivity index (χ4v) is 6.39. The van der Waals surface area contributed by atoms with E-state index >= 15 is 0 Å². The molecule has 2 unspecified atom stereocenters. The minimum atomic E-state index is 0.278. The van der Waals surface area contributed by atoms with Crippen LogP contribution < -0.4 is 15.8 Å². The van der Waals surface area contributed by atoms with Crippen molar-refractivity contribution in [3.8, 4) is 5.75 Å². The number of thiocarbonyl (C=S) groups is 1. The average molecular weight is 616 g/mol. The number of halogens is 1. The van der Waals surface area contributed by atoms with E-state index in [9.17, 15) is 0 Å². The van der Waals surface area contributed by atoms with Gasteiger partial charge in [-0.1, -0.05) is 66.0 Å². The molecule has 1 aliphatic heterocycles. The van der Waals surface area contributed by atoms with Crippen LogP contribution in [0.5, 0.6) is 5.75 Å². The largest absolute Gasteiger partial charge is 0.489 e. The van der Waals surface area contributed by atoms with Gasteiger partial charge in [0.15, 0.2) is 10.3 Å². The highest BCUT2D eigenvalue weighted by Crippen LogP contribution is 2.38. The molecule has 36 heavy (non-hydrogen) atoms. The smallest absolute Gasteiger partial charge is 0.199 e. The Bertz CT molecular complexity index is 832. The van der Waals surface area contributed by atoms with E-state index < -0.39 is 0 Å². The third-order valence-corrected chi connectivity index (χ3v) is 9.33. The summed E-state index contributed by atoms with van der Waals surface area (Å²) in [5.74, 6) is 1.86. The van der Waals surface area contributed by atoms with Gasteiger partial charge in [-0.25, -0.2) is 0 Å². The Morgan fingerprint density at radius 3 is 2.67 bits per heavy atom. The molecule has 2 atom stereocenters. The number of amidine groups is 1. The Balaban J connectivity index is 0.000000572. The molecule has 1 aromatic carbocycles. The summed E-state index contributed by atoms with van der Waals surface area (Å²) in [5, 5.41) is 5.47. The van der Waals surface area contributed by atoms with Crippen LogP contribution in [0.3, 0.4) is 0 Å². The van der Waals surface area contributed by atoms with Gasteiger partial charge in [0.1, 0.15) is 11.9 Å². The van der Waals surface area contributed by atoms with Crippen molar-refractivity contribution < 1.29 is 4.74 Å². The standard InChI is InChI=1S/C21H33N4OPS2.C6H11Br/c1-2-25-13-10-18(14-25)26-17-8-6-16(7-9-17)23-20(28)24-19(22)29-15-21(27)11-4-3-5-12-21;1-2-3-4-5-6-7/h6-9,18H,2-5,10-15,27H2,1H3,(H3,22,23,24,28);2-3H,4-6H2,1H3/b;3-2-. The van der Waals surface area contributed by atoms with Gasteiger partial charge in [0, 0.05) is 29.9 Å². The zero-order valence-corrected chi connectivity index (χ0v) is 26.3. The number of nitrogens with two attached hydrogens (primary N) is 1. The molecule has 9 heteroatoms. The summed E-state index contributed by atoms with van der Waals surface area (Å²) in [6.45, 7) is 7.44. The Morgan fingerprint density at radius 1 is 1.33 bits per heavy atom. The fraction of sp³-hybridized carbons (Fsp3) is 0.630. The van der Waals surface area contributed by atoms with Gasteiger partial charge in [0.25, 0.3) is 0 Å². The average Bonchev–Trinajstić information content (AvgIpc) is 3.33. The first-order valence-electron chi connectivity index (χ1n) is 13.1.